The summed E-state index contributed by atoms with van der Waals surface area (Å²) in [6, 6.07) is 11.3. The smallest absolute Gasteiger partial charge is 0.372 e. The molecule has 0 atom stereocenters. The lowest BCUT2D eigenvalue weighted by Gasteiger charge is -2.04. The van der Waals surface area contributed by atoms with E-state index in [1.54, 1.807) is 16.7 Å². The molecule has 0 fully saturated rings. The number of rotatable bonds is 3. The lowest BCUT2D eigenvalue weighted by Crippen LogP contribution is -2.03. The molecule has 2 aromatic heterocycles. The van der Waals surface area contributed by atoms with Crippen molar-refractivity contribution in [2.24, 2.45) is 0 Å². The summed E-state index contributed by atoms with van der Waals surface area (Å²) in [6.45, 7) is 1.98. The Bertz CT molecular complexity index is 839. The Labute approximate surface area is 126 Å². The number of halogens is 1. The SMILES string of the molecule is Cc1ccc(Cc2nc(C(=O)O)n3ccccc23)c(Cl)c1. The van der Waals surface area contributed by atoms with Crippen LogP contribution in [0.2, 0.25) is 5.02 Å². The third-order valence-electron chi connectivity index (χ3n) is 3.38. The molecule has 0 unspecified atom stereocenters. The van der Waals surface area contributed by atoms with Gasteiger partial charge in [0.15, 0.2) is 0 Å². The zero-order valence-corrected chi connectivity index (χ0v) is 12.1. The van der Waals surface area contributed by atoms with Gasteiger partial charge in [0.25, 0.3) is 0 Å². The van der Waals surface area contributed by atoms with Crippen LogP contribution in [0.25, 0.3) is 5.52 Å². The lowest BCUT2D eigenvalue weighted by molar-refractivity contribution is 0.0682. The van der Waals surface area contributed by atoms with Crippen LogP contribution in [-0.2, 0) is 6.42 Å². The minimum Gasteiger partial charge on any atom is -0.475 e. The Balaban J connectivity index is 2.10. The molecule has 0 radical (unpaired) electrons. The average Bonchev–Trinajstić information content (AvgIpc) is 2.81. The first-order valence-corrected chi connectivity index (χ1v) is 6.88. The highest BCUT2D eigenvalue weighted by molar-refractivity contribution is 6.31. The van der Waals surface area contributed by atoms with E-state index in [0.717, 1.165) is 16.6 Å². The van der Waals surface area contributed by atoms with Crippen molar-refractivity contribution < 1.29 is 9.90 Å². The van der Waals surface area contributed by atoms with Crippen LogP contribution in [0.5, 0.6) is 0 Å². The number of fused-ring (bicyclic) bond motifs is 1. The Morgan fingerprint density at radius 2 is 2.14 bits per heavy atom. The largest absolute Gasteiger partial charge is 0.475 e. The van der Waals surface area contributed by atoms with Gasteiger partial charge in [0.05, 0.1) is 11.2 Å². The van der Waals surface area contributed by atoms with E-state index in [9.17, 15) is 9.90 Å². The van der Waals surface area contributed by atoms with Gasteiger partial charge in [-0.05, 0) is 36.2 Å². The second-order valence-electron chi connectivity index (χ2n) is 4.91. The fraction of sp³-hybridized carbons (Fsp3) is 0.125. The van der Waals surface area contributed by atoms with Crippen LogP contribution in [0.15, 0.2) is 42.6 Å². The summed E-state index contributed by atoms with van der Waals surface area (Å²) in [7, 11) is 0. The van der Waals surface area contributed by atoms with Gasteiger partial charge < -0.3 is 5.11 Å². The van der Waals surface area contributed by atoms with Crippen molar-refractivity contribution in [1.29, 1.82) is 0 Å². The normalized spacial score (nSPS) is 11.0. The summed E-state index contributed by atoms with van der Waals surface area (Å²) < 4.78 is 1.58. The zero-order chi connectivity index (χ0) is 15.0. The molecule has 0 amide bonds. The fourth-order valence-corrected chi connectivity index (χ4v) is 2.66. The van der Waals surface area contributed by atoms with E-state index in [-0.39, 0.29) is 5.82 Å². The second-order valence-corrected chi connectivity index (χ2v) is 5.32. The molecule has 1 aromatic carbocycles. The number of benzene rings is 1. The van der Waals surface area contributed by atoms with E-state index in [0.29, 0.717) is 17.1 Å². The molecule has 0 saturated heterocycles. The minimum absolute atomic E-state index is 0.0174. The molecule has 0 aliphatic heterocycles. The molecule has 3 aromatic rings. The van der Waals surface area contributed by atoms with Crippen LogP contribution in [-0.4, -0.2) is 20.5 Å². The number of carboxylic acid groups (broad SMARTS) is 1. The number of imidazole rings is 1. The number of aromatic carboxylic acids is 1. The molecule has 2 heterocycles. The van der Waals surface area contributed by atoms with Crippen LogP contribution < -0.4 is 0 Å². The molecule has 5 heteroatoms. The number of aromatic nitrogens is 2. The topological polar surface area (TPSA) is 54.6 Å². The number of hydrogen-bond donors (Lipinski definition) is 1. The molecule has 0 aliphatic rings. The Morgan fingerprint density at radius 3 is 2.86 bits per heavy atom. The first kappa shape index (κ1) is 13.6. The number of carbonyl (C=O) groups is 1. The molecule has 4 nitrogen and oxygen atoms in total. The molecule has 0 spiro atoms. The second kappa shape index (κ2) is 5.22. The summed E-state index contributed by atoms with van der Waals surface area (Å²) in [5.41, 5.74) is 3.51. The van der Waals surface area contributed by atoms with Gasteiger partial charge in [0.1, 0.15) is 0 Å². The summed E-state index contributed by atoms with van der Waals surface area (Å²) in [6.07, 6.45) is 2.20. The highest BCUT2D eigenvalue weighted by atomic mass is 35.5. The summed E-state index contributed by atoms with van der Waals surface area (Å²) in [4.78, 5) is 15.5. The van der Waals surface area contributed by atoms with Gasteiger partial charge in [-0.2, -0.15) is 0 Å². The highest BCUT2D eigenvalue weighted by Crippen LogP contribution is 2.23. The van der Waals surface area contributed by atoms with Crippen LogP contribution in [0.3, 0.4) is 0 Å². The predicted octanol–water partition coefficient (Wildman–Crippen LogP) is 3.59. The minimum atomic E-state index is -1.04. The van der Waals surface area contributed by atoms with Gasteiger partial charge in [0, 0.05) is 17.6 Å². The van der Waals surface area contributed by atoms with Crippen molar-refractivity contribution in [3.63, 3.8) is 0 Å². The Morgan fingerprint density at radius 1 is 1.33 bits per heavy atom. The van der Waals surface area contributed by atoms with Gasteiger partial charge in [-0.25, -0.2) is 9.78 Å². The van der Waals surface area contributed by atoms with E-state index in [2.05, 4.69) is 4.98 Å². The average molecular weight is 301 g/mol. The predicted molar refractivity (Wildman–Crippen MR) is 81.1 cm³/mol. The van der Waals surface area contributed by atoms with E-state index >= 15 is 0 Å². The maximum absolute atomic E-state index is 11.3. The van der Waals surface area contributed by atoms with E-state index in [1.807, 2.05) is 37.3 Å². The molecule has 0 aliphatic carbocycles. The number of aryl methyl sites for hydroxylation is 1. The molecular formula is C16H13ClN2O2. The monoisotopic (exact) mass is 300 g/mol. The quantitative estimate of drug-likeness (QED) is 0.804. The van der Waals surface area contributed by atoms with Gasteiger partial charge >= 0.3 is 5.97 Å². The third-order valence-corrected chi connectivity index (χ3v) is 3.73. The van der Waals surface area contributed by atoms with Crippen molar-refractivity contribution in [1.82, 2.24) is 9.38 Å². The maximum Gasteiger partial charge on any atom is 0.372 e. The maximum atomic E-state index is 11.3. The highest BCUT2D eigenvalue weighted by Gasteiger charge is 2.16. The molecule has 1 N–H and O–H groups in total. The summed E-state index contributed by atoms with van der Waals surface area (Å²) in [5.74, 6) is -1.03. The van der Waals surface area contributed by atoms with Gasteiger partial charge in [-0.15, -0.1) is 0 Å². The van der Waals surface area contributed by atoms with Crippen molar-refractivity contribution in [3.8, 4) is 0 Å². The summed E-state index contributed by atoms with van der Waals surface area (Å²) >= 11 is 6.25. The molecule has 21 heavy (non-hydrogen) atoms. The van der Waals surface area contributed by atoms with Crippen molar-refractivity contribution in [2.45, 2.75) is 13.3 Å². The van der Waals surface area contributed by atoms with E-state index in [4.69, 9.17) is 11.6 Å². The van der Waals surface area contributed by atoms with Crippen LogP contribution in [0.1, 0.15) is 27.4 Å². The number of hydrogen-bond acceptors (Lipinski definition) is 2. The fourth-order valence-electron chi connectivity index (χ4n) is 2.36. The number of carboxylic acids is 1. The number of nitrogens with zero attached hydrogens (tertiary/aromatic N) is 2. The van der Waals surface area contributed by atoms with E-state index < -0.39 is 5.97 Å². The van der Waals surface area contributed by atoms with Gasteiger partial charge in [-0.3, -0.25) is 4.40 Å². The molecular weight excluding hydrogens is 288 g/mol. The third kappa shape index (κ3) is 2.50. The van der Waals surface area contributed by atoms with Crippen molar-refractivity contribution in [2.75, 3.05) is 0 Å². The molecule has 0 saturated carbocycles. The molecule has 106 valence electrons. The van der Waals surface area contributed by atoms with Crippen LogP contribution in [0, 0.1) is 6.92 Å². The molecule has 0 bridgehead atoms. The van der Waals surface area contributed by atoms with Crippen molar-refractivity contribution in [3.05, 3.63) is 70.3 Å². The van der Waals surface area contributed by atoms with E-state index in [1.165, 1.54) is 0 Å². The summed E-state index contributed by atoms with van der Waals surface area (Å²) in [5, 5.41) is 9.91. The van der Waals surface area contributed by atoms with Crippen LogP contribution >= 0.6 is 11.6 Å². The number of pyridine rings is 1. The van der Waals surface area contributed by atoms with Gasteiger partial charge in [0.2, 0.25) is 5.82 Å². The van der Waals surface area contributed by atoms with Crippen molar-refractivity contribution >= 4 is 23.1 Å². The first-order valence-electron chi connectivity index (χ1n) is 6.50. The first-order chi connectivity index (χ1) is 10.1. The lowest BCUT2D eigenvalue weighted by atomic mass is 10.1. The Kier molecular flexibility index (Phi) is 3.39. The van der Waals surface area contributed by atoms with Crippen LogP contribution in [0.4, 0.5) is 0 Å². The van der Waals surface area contributed by atoms with Gasteiger partial charge in [-0.1, -0.05) is 29.8 Å². The Hall–Kier alpha value is -2.33. The molecule has 3 rings (SSSR count). The standard InChI is InChI=1S/C16H13ClN2O2/c1-10-5-6-11(12(17)8-10)9-13-14-4-2-3-7-19(14)15(18-13)16(20)21/h2-8H,9H2,1H3,(H,20,21). The zero-order valence-electron chi connectivity index (χ0n) is 11.4.